The summed E-state index contributed by atoms with van der Waals surface area (Å²) < 4.78 is 0. The van der Waals surface area contributed by atoms with Crippen LogP contribution >= 0.6 is 0 Å². The van der Waals surface area contributed by atoms with Crippen LogP contribution in [0.1, 0.15) is 24.8 Å². The average molecular weight is 263 g/mol. The molecule has 5 heteroatoms. The van der Waals surface area contributed by atoms with Crippen molar-refractivity contribution in [3.63, 3.8) is 0 Å². The number of carbonyl (C=O) groups excluding carboxylic acids is 2. The van der Waals surface area contributed by atoms with E-state index in [9.17, 15) is 9.59 Å². The average Bonchev–Trinajstić information content (AvgIpc) is 2.37. The Bertz CT molecular complexity index is 458. The SMILES string of the molecule is CC(C(=O)NCCC(=O)N(C)C)c1cccc(N)c1. The number of carbonyl (C=O) groups is 2. The summed E-state index contributed by atoms with van der Waals surface area (Å²) in [5, 5.41) is 2.76. The van der Waals surface area contributed by atoms with Gasteiger partial charge in [-0.25, -0.2) is 0 Å². The Morgan fingerprint density at radius 1 is 1.37 bits per heavy atom. The predicted octanol–water partition coefficient (Wildman–Crippen LogP) is 0.967. The van der Waals surface area contributed by atoms with Crippen molar-refractivity contribution in [2.45, 2.75) is 19.3 Å². The Morgan fingerprint density at radius 3 is 2.63 bits per heavy atom. The number of amides is 2. The van der Waals surface area contributed by atoms with Crippen molar-refractivity contribution in [1.82, 2.24) is 10.2 Å². The summed E-state index contributed by atoms with van der Waals surface area (Å²) >= 11 is 0. The van der Waals surface area contributed by atoms with Gasteiger partial charge in [0.1, 0.15) is 0 Å². The zero-order valence-corrected chi connectivity index (χ0v) is 11.6. The van der Waals surface area contributed by atoms with E-state index in [4.69, 9.17) is 5.73 Å². The zero-order chi connectivity index (χ0) is 14.4. The third kappa shape index (κ3) is 4.62. The lowest BCUT2D eigenvalue weighted by molar-refractivity contribution is -0.128. The molecule has 1 rings (SSSR count). The van der Waals surface area contributed by atoms with Crippen LogP contribution in [0.25, 0.3) is 0 Å². The van der Waals surface area contributed by atoms with Gasteiger partial charge in [0.05, 0.1) is 5.92 Å². The van der Waals surface area contributed by atoms with Crippen LogP contribution in [-0.4, -0.2) is 37.4 Å². The lowest BCUT2D eigenvalue weighted by Gasteiger charge is -2.14. The molecule has 0 saturated carbocycles. The molecule has 0 fully saturated rings. The second-order valence-corrected chi connectivity index (χ2v) is 4.72. The molecule has 1 aromatic carbocycles. The number of anilines is 1. The molecule has 1 atom stereocenters. The summed E-state index contributed by atoms with van der Waals surface area (Å²) in [5.41, 5.74) is 7.20. The summed E-state index contributed by atoms with van der Waals surface area (Å²) in [4.78, 5) is 24.8. The van der Waals surface area contributed by atoms with Gasteiger partial charge in [0, 0.05) is 32.7 Å². The smallest absolute Gasteiger partial charge is 0.227 e. The molecule has 5 nitrogen and oxygen atoms in total. The monoisotopic (exact) mass is 263 g/mol. The second-order valence-electron chi connectivity index (χ2n) is 4.72. The molecule has 0 aliphatic heterocycles. The molecular formula is C14H21N3O2. The minimum Gasteiger partial charge on any atom is -0.399 e. The standard InChI is InChI=1S/C14H21N3O2/c1-10(11-5-4-6-12(15)9-11)14(19)16-8-7-13(18)17(2)3/h4-6,9-10H,7-8,15H2,1-3H3,(H,16,19). The third-order valence-corrected chi connectivity index (χ3v) is 2.94. The van der Waals surface area contributed by atoms with E-state index in [1.165, 1.54) is 4.90 Å². The highest BCUT2D eigenvalue weighted by Crippen LogP contribution is 2.17. The molecule has 19 heavy (non-hydrogen) atoms. The third-order valence-electron chi connectivity index (χ3n) is 2.94. The van der Waals surface area contributed by atoms with Crippen molar-refractivity contribution in [1.29, 1.82) is 0 Å². The van der Waals surface area contributed by atoms with E-state index in [0.717, 1.165) is 5.56 Å². The largest absolute Gasteiger partial charge is 0.399 e. The normalized spacial score (nSPS) is 11.7. The molecule has 0 spiro atoms. The summed E-state index contributed by atoms with van der Waals surface area (Å²) in [6.45, 7) is 2.17. The molecule has 3 N–H and O–H groups in total. The number of benzene rings is 1. The number of hydrogen-bond donors (Lipinski definition) is 2. The molecule has 0 aliphatic carbocycles. The Hall–Kier alpha value is -2.04. The number of nitrogens with zero attached hydrogens (tertiary/aromatic N) is 1. The quantitative estimate of drug-likeness (QED) is 0.777. The van der Waals surface area contributed by atoms with Crippen LogP contribution in [0.15, 0.2) is 24.3 Å². The Labute approximate surface area is 113 Å². The van der Waals surface area contributed by atoms with Crippen LogP contribution in [0, 0.1) is 0 Å². The van der Waals surface area contributed by atoms with Crippen LogP contribution in [0.2, 0.25) is 0 Å². The second kappa shape index (κ2) is 6.78. The maximum Gasteiger partial charge on any atom is 0.227 e. The molecule has 0 bridgehead atoms. The van der Waals surface area contributed by atoms with Gasteiger partial charge in [0.15, 0.2) is 0 Å². The fourth-order valence-electron chi connectivity index (χ4n) is 1.65. The molecule has 104 valence electrons. The highest BCUT2D eigenvalue weighted by atomic mass is 16.2. The lowest BCUT2D eigenvalue weighted by atomic mass is 10.00. The van der Waals surface area contributed by atoms with E-state index in [2.05, 4.69) is 5.32 Å². The Morgan fingerprint density at radius 2 is 2.05 bits per heavy atom. The minimum atomic E-state index is -0.280. The van der Waals surface area contributed by atoms with Gasteiger partial charge in [-0.15, -0.1) is 0 Å². The van der Waals surface area contributed by atoms with Crippen molar-refractivity contribution in [3.05, 3.63) is 29.8 Å². The highest BCUT2D eigenvalue weighted by molar-refractivity contribution is 5.84. The Balaban J connectivity index is 2.48. The summed E-state index contributed by atoms with van der Waals surface area (Å²) in [6, 6.07) is 7.26. The minimum absolute atomic E-state index is 0.00286. The summed E-state index contributed by atoms with van der Waals surface area (Å²) in [5.74, 6) is -0.382. The maximum absolute atomic E-state index is 11.9. The molecular weight excluding hydrogens is 242 g/mol. The summed E-state index contributed by atoms with van der Waals surface area (Å²) in [6.07, 6.45) is 0.308. The van der Waals surface area contributed by atoms with Gasteiger partial charge < -0.3 is 16.0 Å². The molecule has 1 aromatic rings. The van der Waals surface area contributed by atoms with Crippen molar-refractivity contribution < 1.29 is 9.59 Å². The van der Waals surface area contributed by atoms with E-state index in [-0.39, 0.29) is 17.7 Å². The molecule has 2 amide bonds. The number of nitrogens with one attached hydrogen (secondary N) is 1. The van der Waals surface area contributed by atoms with Crippen molar-refractivity contribution >= 4 is 17.5 Å². The van der Waals surface area contributed by atoms with Crippen LogP contribution < -0.4 is 11.1 Å². The molecule has 1 unspecified atom stereocenters. The molecule has 0 aromatic heterocycles. The van der Waals surface area contributed by atoms with Crippen molar-refractivity contribution in [2.75, 3.05) is 26.4 Å². The first-order valence-corrected chi connectivity index (χ1v) is 6.25. The van der Waals surface area contributed by atoms with Crippen LogP contribution in [0.4, 0.5) is 5.69 Å². The van der Waals surface area contributed by atoms with Gasteiger partial charge in [0.25, 0.3) is 0 Å². The zero-order valence-electron chi connectivity index (χ0n) is 11.6. The lowest BCUT2D eigenvalue weighted by Crippen LogP contribution is -2.32. The first-order chi connectivity index (χ1) is 8.91. The molecule has 0 aliphatic rings. The van der Waals surface area contributed by atoms with E-state index >= 15 is 0 Å². The fourth-order valence-corrected chi connectivity index (χ4v) is 1.65. The van der Waals surface area contributed by atoms with Gasteiger partial charge in [-0.3, -0.25) is 9.59 Å². The number of hydrogen-bond acceptors (Lipinski definition) is 3. The van der Waals surface area contributed by atoms with Gasteiger partial charge in [-0.05, 0) is 24.6 Å². The van der Waals surface area contributed by atoms with Crippen LogP contribution in [0.3, 0.4) is 0 Å². The van der Waals surface area contributed by atoms with Gasteiger partial charge >= 0.3 is 0 Å². The predicted molar refractivity (Wildman–Crippen MR) is 75.6 cm³/mol. The Kier molecular flexibility index (Phi) is 5.36. The van der Waals surface area contributed by atoms with Crippen LogP contribution in [0.5, 0.6) is 0 Å². The molecule has 0 heterocycles. The first kappa shape index (κ1) is 15.0. The first-order valence-electron chi connectivity index (χ1n) is 6.25. The molecule has 0 saturated heterocycles. The number of nitrogens with two attached hydrogens (primary N) is 1. The van der Waals surface area contributed by atoms with Crippen molar-refractivity contribution in [2.24, 2.45) is 0 Å². The van der Waals surface area contributed by atoms with Crippen molar-refractivity contribution in [3.8, 4) is 0 Å². The van der Waals surface area contributed by atoms with E-state index in [1.807, 2.05) is 19.1 Å². The number of nitrogen functional groups attached to an aromatic ring is 1. The van der Waals surface area contributed by atoms with E-state index in [1.54, 1.807) is 26.2 Å². The fraction of sp³-hybridized carbons (Fsp3) is 0.429. The van der Waals surface area contributed by atoms with E-state index < -0.39 is 0 Å². The number of rotatable bonds is 5. The maximum atomic E-state index is 11.9. The van der Waals surface area contributed by atoms with E-state index in [0.29, 0.717) is 18.7 Å². The molecule has 0 radical (unpaired) electrons. The van der Waals surface area contributed by atoms with Gasteiger partial charge in [0.2, 0.25) is 11.8 Å². The van der Waals surface area contributed by atoms with Crippen LogP contribution in [-0.2, 0) is 9.59 Å². The van der Waals surface area contributed by atoms with Gasteiger partial charge in [-0.1, -0.05) is 12.1 Å². The highest BCUT2D eigenvalue weighted by Gasteiger charge is 2.15. The van der Waals surface area contributed by atoms with Gasteiger partial charge in [-0.2, -0.15) is 0 Å². The summed E-state index contributed by atoms with van der Waals surface area (Å²) in [7, 11) is 3.39. The topological polar surface area (TPSA) is 75.4 Å².